The highest BCUT2D eigenvalue weighted by molar-refractivity contribution is 9.10. The average Bonchev–Trinajstić information content (AvgIpc) is 3.34. The number of halogens is 2. The van der Waals surface area contributed by atoms with Gasteiger partial charge in [-0.25, -0.2) is 18.4 Å². The number of aromatic nitrogens is 4. The van der Waals surface area contributed by atoms with Gasteiger partial charge in [0.05, 0.1) is 10.2 Å². The highest BCUT2D eigenvalue weighted by Gasteiger charge is 2.23. The smallest absolute Gasteiger partial charge is 0.364 e. The first-order valence-electron chi connectivity index (χ1n) is 8.42. The molecule has 0 bridgehead atoms. The molecule has 0 amide bonds. The molecular formula is C18H13BrFN5O3S. The molecule has 11 heteroatoms. The minimum absolute atomic E-state index is 0.0907. The maximum Gasteiger partial charge on any atom is 0.446 e. The van der Waals surface area contributed by atoms with Crippen LogP contribution in [0.5, 0.6) is 0 Å². The molecule has 0 fully saturated rings. The summed E-state index contributed by atoms with van der Waals surface area (Å²) in [5.74, 6) is -0.0181. The second kappa shape index (κ2) is 8.62. The molecule has 2 aromatic heterocycles. The summed E-state index contributed by atoms with van der Waals surface area (Å²) in [5, 5.41) is 14.6. The lowest BCUT2D eigenvalue weighted by Crippen LogP contribution is -2.14. The van der Waals surface area contributed by atoms with E-state index in [-0.39, 0.29) is 16.0 Å². The first-order valence-corrected chi connectivity index (χ1v) is 10.2. The molecule has 0 aliphatic heterocycles. The van der Waals surface area contributed by atoms with Crippen molar-refractivity contribution in [2.45, 2.75) is 4.90 Å². The predicted octanol–water partition coefficient (Wildman–Crippen LogP) is 3.98. The molecule has 0 saturated heterocycles. The Morgan fingerprint density at radius 1 is 1.14 bits per heavy atom. The summed E-state index contributed by atoms with van der Waals surface area (Å²) in [6.45, 7) is 0.574. The summed E-state index contributed by atoms with van der Waals surface area (Å²) in [4.78, 5) is 13.3. The second-order valence-electron chi connectivity index (χ2n) is 5.76. The first-order chi connectivity index (χ1) is 14.1. The predicted molar refractivity (Wildman–Crippen MR) is 109 cm³/mol. The van der Waals surface area contributed by atoms with E-state index >= 15 is 0 Å². The zero-order valence-electron chi connectivity index (χ0n) is 14.7. The van der Waals surface area contributed by atoms with E-state index in [1.807, 2.05) is 30.3 Å². The minimum Gasteiger partial charge on any atom is -0.364 e. The third kappa shape index (κ3) is 4.25. The Hall–Kier alpha value is -2.92. The van der Waals surface area contributed by atoms with Gasteiger partial charge in [0.15, 0.2) is 5.69 Å². The zero-order valence-corrected chi connectivity index (χ0v) is 17.1. The first kappa shape index (κ1) is 19.4. The lowest BCUT2D eigenvalue weighted by Gasteiger charge is -2.06. The van der Waals surface area contributed by atoms with Gasteiger partial charge in [0, 0.05) is 17.2 Å². The molecule has 148 valence electrons. The number of hydrogen-bond donors (Lipinski definition) is 1. The van der Waals surface area contributed by atoms with E-state index in [2.05, 4.69) is 36.7 Å². The van der Waals surface area contributed by atoms with Crippen molar-refractivity contribution >= 4 is 33.5 Å². The SMILES string of the molecule is O=c1onc(-c2nonc2NCCSc2ccccc2)n1-c1ccc(F)c(Br)c1. The highest BCUT2D eigenvalue weighted by Crippen LogP contribution is 2.26. The number of thioether (sulfide) groups is 1. The van der Waals surface area contributed by atoms with E-state index in [4.69, 9.17) is 9.15 Å². The van der Waals surface area contributed by atoms with Crippen molar-refractivity contribution in [2.75, 3.05) is 17.6 Å². The van der Waals surface area contributed by atoms with Crippen LogP contribution in [0.25, 0.3) is 17.2 Å². The van der Waals surface area contributed by atoms with Crippen LogP contribution in [0.3, 0.4) is 0 Å². The quantitative estimate of drug-likeness (QED) is 0.315. The van der Waals surface area contributed by atoms with Crippen molar-refractivity contribution in [3.8, 4) is 17.2 Å². The second-order valence-corrected chi connectivity index (χ2v) is 7.78. The normalized spacial score (nSPS) is 11.0. The molecule has 4 rings (SSSR count). The molecule has 2 aromatic carbocycles. The van der Waals surface area contributed by atoms with Gasteiger partial charge in [0.2, 0.25) is 11.6 Å². The van der Waals surface area contributed by atoms with Gasteiger partial charge in [0.1, 0.15) is 5.82 Å². The van der Waals surface area contributed by atoms with E-state index in [0.717, 1.165) is 15.2 Å². The van der Waals surface area contributed by atoms with Gasteiger partial charge in [-0.1, -0.05) is 23.4 Å². The number of hydrogen-bond acceptors (Lipinski definition) is 8. The van der Waals surface area contributed by atoms with Gasteiger partial charge in [-0.3, -0.25) is 4.52 Å². The van der Waals surface area contributed by atoms with Crippen molar-refractivity contribution < 1.29 is 13.5 Å². The fourth-order valence-electron chi connectivity index (χ4n) is 2.56. The third-order valence-electron chi connectivity index (χ3n) is 3.87. The molecule has 0 radical (unpaired) electrons. The maximum atomic E-state index is 13.6. The lowest BCUT2D eigenvalue weighted by atomic mass is 10.3. The van der Waals surface area contributed by atoms with Crippen LogP contribution >= 0.6 is 27.7 Å². The van der Waals surface area contributed by atoms with Crippen molar-refractivity contribution in [3.05, 3.63) is 69.4 Å². The molecule has 1 N–H and O–H groups in total. The molecule has 29 heavy (non-hydrogen) atoms. The van der Waals surface area contributed by atoms with Crippen LogP contribution in [0.1, 0.15) is 0 Å². The Kier molecular flexibility index (Phi) is 5.76. The summed E-state index contributed by atoms with van der Waals surface area (Å²) >= 11 is 4.78. The molecule has 0 aliphatic carbocycles. The molecule has 0 spiro atoms. The van der Waals surface area contributed by atoms with E-state index in [0.29, 0.717) is 18.1 Å². The molecule has 2 heterocycles. The van der Waals surface area contributed by atoms with Crippen molar-refractivity contribution in [2.24, 2.45) is 0 Å². The van der Waals surface area contributed by atoms with Gasteiger partial charge in [-0.15, -0.1) is 11.8 Å². The monoisotopic (exact) mass is 477 g/mol. The third-order valence-corrected chi connectivity index (χ3v) is 5.49. The average molecular weight is 478 g/mol. The van der Waals surface area contributed by atoms with Crippen LogP contribution in [0.15, 0.2) is 71.8 Å². The highest BCUT2D eigenvalue weighted by atomic mass is 79.9. The van der Waals surface area contributed by atoms with Gasteiger partial charge in [-0.2, -0.15) is 0 Å². The minimum atomic E-state index is -0.743. The topological polar surface area (TPSA) is 99.0 Å². The molecule has 0 unspecified atom stereocenters. The van der Waals surface area contributed by atoms with Crippen LogP contribution in [-0.4, -0.2) is 32.3 Å². The Bertz CT molecular complexity index is 1180. The summed E-state index contributed by atoms with van der Waals surface area (Å²) in [6.07, 6.45) is 0. The van der Waals surface area contributed by atoms with E-state index in [9.17, 15) is 9.18 Å². The molecule has 0 atom stereocenters. The fraction of sp³-hybridized carbons (Fsp3) is 0.111. The molecular weight excluding hydrogens is 465 g/mol. The van der Waals surface area contributed by atoms with E-state index in [1.165, 1.54) is 18.2 Å². The standard InChI is InChI=1S/C18H13BrFN5O3S/c19-13-10-11(6-7-14(13)20)25-17(24-27-18(25)26)15-16(23-28-22-15)21-8-9-29-12-4-2-1-3-5-12/h1-7,10H,8-9H2,(H,21,23). The molecule has 4 aromatic rings. The number of nitrogens with one attached hydrogen (secondary N) is 1. The number of benzene rings is 2. The Balaban J connectivity index is 1.54. The van der Waals surface area contributed by atoms with Gasteiger partial charge >= 0.3 is 5.76 Å². The zero-order chi connectivity index (χ0) is 20.2. The van der Waals surface area contributed by atoms with Crippen LogP contribution in [0, 0.1) is 5.82 Å². The summed E-state index contributed by atoms with van der Waals surface area (Å²) in [7, 11) is 0. The van der Waals surface area contributed by atoms with Gasteiger partial charge in [-0.05, 0) is 56.6 Å². The Morgan fingerprint density at radius 3 is 2.76 bits per heavy atom. The van der Waals surface area contributed by atoms with E-state index < -0.39 is 11.6 Å². The number of rotatable bonds is 7. The maximum absolute atomic E-state index is 13.6. The summed E-state index contributed by atoms with van der Waals surface area (Å²) < 4.78 is 24.5. The van der Waals surface area contributed by atoms with Crippen LogP contribution in [-0.2, 0) is 0 Å². The molecule has 0 aliphatic rings. The van der Waals surface area contributed by atoms with Crippen LogP contribution in [0.2, 0.25) is 0 Å². The lowest BCUT2D eigenvalue weighted by molar-refractivity contribution is 0.309. The molecule has 8 nitrogen and oxygen atoms in total. The fourth-order valence-corrected chi connectivity index (χ4v) is 3.71. The van der Waals surface area contributed by atoms with Crippen molar-refractivity contribution in [3.63, 3.8) is 0 Å². The number of nitrogens with zero attached hydrogens (tertiary/aromatic N) is 4. The summed E-state index contributed by atoms with van der Waals surface area (Å²) in [6, 6.07) is 14.1. The van der Waals surface area contributed by atoms with Crippen molar-refractivity contribution in [1.82, 2.24) is 20.0 Å². The summed E-state index contributed by atoms with van der Waals surface area (Å²) in [5.41, 5.74) is 0.564. The van der Waals surface area contributed by atoms with Gasteiger partial charge in [0.25, 0.3) is 0 Å². The van der Waals surface area contributed by atoms with Crippen molar-refractivity contribution in [1.29, 1.82) is 0 Å². The van der Waals surface area contributed by atoms with Gasteiger partial charge < -0.3 is 5.32 Å². The van der Waals surface area contributed by atoms with Crippen LogP contribution < -0.4 is 11.1 Å². The Morgan fingerprint density at radius 2 is 1.97 bits per heavy atom. The molecule has 0 saturated carbocycles. The van der Waals surface area contributed by atoms with Crippen LogP contribution in [0.4, 0.5) is 10.2 Å². The number of anilines is 1. The van der Waals surface area contributed by atoms with E-state index in [1.54, 1.807) is 11.8 Å². The Labute approximate surface area is 176 Å². The largest absolute Gasteiger partial charge is 0.446 e.